The van der Waals surface area contributed by atoms with Crippen LogP contribution in [0.5, 0.6) is 5.88 Å². The predicted octanol–water partition coefficient (Wildman–Crippen LogP) is 0.884. The molecule has 0 saturated carbocycles. The molecular formula is C14H15N7O3. The molecule has 4 heterocycles. The first-order valence-corrected chi connectivity index (χ1v) is 7.44. The molecule has 1 amide bonds. The number of hydrogen-bond donors (Lipinski definition) is 2. The summed E-state index contributed by atoms with van der Waals surface area (Å²) in [6, 6.07) is 0. The van der Waals surface area contributed by atoms with E-state index in [2.05, 4.69) is 25.1 Å². The monoisotopic (exact) mass is 329 g/mol. The number of fused-ring (bicyclic) bond motifs is 1. The van der Waals surface area contributed by atoms with Crippen molar-refractivity contribution < 1.29 is 14.6 Å². The number of aromatic nitrogens is 6. The van der Waals surface area contributed by atoms with Crippen LogP contribution >= 0.6 is 0 Å². The summed E-state index contributed by atoms with van der Waals surface area (Å²) in [6.45, 7) is 0.777. The summed E-state index contributed by atoms with van der Waals surface area (Å²) in [5.74, 6) is 1.06. The molecule has 1 saturated heterocycles. The van der Waals surface area contributed by atoms with Crippen molar-refractivity contribution >= 4 is 17.3 Å². The fourth-order valence-electron chi connectivity index (χ4n) is 2.85. The summed E-state index contributed by atoms with van der Waals surface area (Å²) in [7, 11) is 1.86. The van der Waals surface area contributed by atoms with Crippen molar-refractivity contribution in [3.63, 3.8) is 0 Å². The summed E-state index contributed by atoms with van der Waals surface area (Å²) in [5, 5.41) is 15.7. The largest absolute Gasteiger partial charge is 0.471 e. The number of carbonyl (C=O) groups is 1. The number of amides is 1. The van der Waals surface area contributed by atoms with E-state index in [-0.39, 0.29) is 6.10 Å². The molecule has 1 aliphatic rings. The van der Waals surface area contributed by atoms with Gasteiger partial charge in [0, 0.05) is 26.2 Å². The highest BCUT2D eigenvalue weighted by Gasteiger charge is 2.28. The summed E-state index contributed by atoms with van der Waals surface area (Å²) in [5.41, 5.74) is 2.02. The van der Waals surface area contributed by atoms with E-state index in [0.29, 0.717) is 42.4 Å². The van der Waals surface area contributed by atoms with Gasteiger partial charge in [0.05, 0.1) is 18.3 Å². The quantitative estimate of drug-likeness (QED) is 0.731. The number of hydrogen-bond acceptors (Lipinski definition) is 6. The molecule has 124 valence electrons. The van der Waals surface area contributed by atoms with E-state index in [1.54, 1.807) is 12.4 Å². The molecule has 3 aromatic heterocycles. The molecule has 0 aromatic carbocycles. The lowest BCUT2D eigenvalue weighted by atomic mass is 10.3. The fraction of sp³-hybridized carbons (Fsp3) is 0.357. The van der Waals surface area contributed by atoms with E-state index < -0.39 is 6.09 Å². The topological polar surface area (TPSA) is 122 Å². The van der Waals surface area contributed by atoms with Gasteiger partial charge >= 0.3 is 6.09 Å². The summed E-state index contributed by atoms with van der Waals surface area (Å²) in [4.78, 5) is 25.4. The van der Waals surface area contributed by atoms with Crippen LogP contribution in [0.15, 0.2) is 18.7 Å². The van der Waals surface area contributed by atoms with Gasteiger partial charge < -0.3 is 19.3 Å². The lowest BCUT2D eigenvalue weighted by Gasteiger charge is -2.13. The third kappa shape index (κ3) is 2.32. The second-order valence-corrected chi connectivity index (χ2v) is 5.59. The SMILES string of the molecule is Cn1c(-c2cn[nH]c2)nc2c(OC3CCN(C(=O)O)C3)ncnc21. The van der Waals surface area contributed by atoms with E-state index in [0.717, 1.165) is 5.56 Å². The average molecular weight is 329 g/mol. The Morgan fingerprint density at radius 1 is 1.46 bits per heavy atom. The van der Waals surface area contributed by atoms with Crippen molar-refractivity contribution in [2.45, 2.75) is 12.5 Å². The number of rotatable bonds is 3. The molecule has 1 atom stereocenters. The second-order valence-electron chi connectivity index (χ2n) is 5.59. The van der Waals surface area contributed by atoms with Crippen molar-refractivity contribution in [3.8, 4) is 17.3 Å². The van der Waals surface area contributed by atoms with Crippen molar-refractivity contribution in [1.82, 2.24) is 34.6 Å². The maximum atomic E-state index is 11.0. The van der Waals surface area contributed by atoms with Gasteiger partial charge in [0.2, 0.25) is 5.88 Å². The number of likely N-dealkylation sites (tertiary alicyclic amines) is 1. The third-order valence-electron chi connectivity index (χ3n) is 4.07. The zero-order valence-electron chi connectivity index (χ0n) is 12.9. The zero-order valence-corrected chi connectivity index (χ0v) is 12.9. The van der Waals surface area contributed by atoms with Crippen molar-refractivity contribution in [2.24, 2.45) is 7.05 Å². The minimum Gasteiger partial charge on any atom is -0.471 e. The maximum absolute atomic E-state index is 11.0. The molecule has 24 heavy (non-hydrogen) atoms. The third-order valence-corrected chi connectivity index (χ3v) is 4.07. The van der Waals surface area contributed by atoms with Gasteiger partial charge in [-0.05, 0) is 0 Å². The standard InChI is InChI=1S/C14H15N7O3/c1-20-11(8-4-17-18-5-8)19-10-12(20)15-7-16-13(10)24-9-2-3-21(6-9)14(22)23/h4-5,7,9H,2-3,6H2,1H3,(H,17,18)(H,22,23). The van der Waals surface area contributed by atoms with E-state index in [1.807, 2.05) is 11.6 Å². The Morgan fingerprint density at radius 3 is 3.04 bits per heavy atom. The molecule has 10 nitrogen and oxygen atoms in total. The van der Waals surface area contributed by atoms with Crippen LogP contribution in [-0.2, 0) is 7.05 Å². The van der Waals surface area contributed by atoms with E-state index in [9.17, 15) is 4.79 Å². The number of carboxylic acid groups (broad SMARTS) is 1. The number of imidazole rings is 1. The van der Waals surface area contributed by atoms with Gasteiger partial charge in [-0.3, -0.25) is 5.10 Å². The molecular weight excluding hydrogens is 314 g/mol. The lowest BCUT2D eigenvalue weighted by Crippen LogP contribution is -2.29. The minimum atomic E-state index is -0.936. The highest BCUT2D eigenvalue weighted by molar-refractivity contribution is 5.80. The van der Waals surface area contributed by atoms with Crippen LogP contribution in [0.3, 0.4) is 0 Å². The summed E-state index contributed by atoms with van der Waals surface area (Å²) >= 11 is 0. The Morgan fingerprint density at radius 2 is 2.33 bits per heavy atom. The smallest absolute Gasteiger partial charge is 0.407 e. The summed E-state index contributed by atoms with van der Waals surface area (Å²) in [6.07, 6.45) is 4.29. The number of H-pyrrole nitrogens is 1. The maximum Gasteiger partial charge on any atom is 0.407 e. The molecule has 10 heteroatoms. The number of nitrogens with one attached hydrogen (secondary N) is 1. The molecule has 3 aromatic rings. The summed E-state index contributed by atoms with van der Waals surface area (Å²) < 4.78 is 7.74. The highest BCUT2D eigenvalue weighted by Crippen LogP contribution is 2.27. The van der Waals surface area contributed by atoms with Crippen LogP contribution in [0.4, 0.5) is 4.79 Å². The van der Waals surface area contributed by atoms with Gasteiger partial charge in [-0.1, -0.05) is 0 Å². The Hall–Kier alpha value is -3.17. The van der Waals surface area contributed by atoms with Gasteiger partial charge in [-0.25, -0.2) is 14.8 Å². The molecule has 0 radical (unpaired) electrons. The molecule has 1 unspecified atom stereocenters. The first-order valence-electron chi connectivity index (χ1n) is 7.44. The number of ether oxygens (including phenoxy) is 1. The van der Waals surface area contributed by atoms with E-state index >= 15 is 0 Å². The number of nitrogens with zero attached hydrogens (tertiary/aromatic N) is 6. The Labute approximate surface area is 136 Å². The average Bonchev–Trinajstić information content (AvgIpc) is 3.28. The van der Waals surface area contributed by atoms with Gasteiger partial charge in [0.1, 0.15) is 18.3 Å². The van der Waals surface area contributed by atoms with Crippen LogP contribution in [0, 0.1) is 0 Å². The Balaban J connectivity index is 1.67. The van der Waals surface area contributed by atoms with Crippen LogP contribution in [0.25, 0.3) is 22.6 Å². The number of aromatic amines is 1. The predicted molar refractivity (Wildman–Crippen MR) is 82.5 cm³/mol. The molecule has 0 aliphatic carbocycles. The molecule has 4 rings (SSSR count). The zero-order chi connectivity index (χ0) is 16.7. The fourth-order valence-corrected chi connectivity index (χ4v) is 2.85. The first kappa shape index (κ1) is 14.4. The first-order chi connectivity index (χ1) is 11.6. The van der Waals surface area contributed by atoms with Crippen LogP contribution in [0.2, 0.25) is 0 Å². The Kier molecular flexibility index (Phi) is 3.29. The van der Waals surface area contributed by atoms with Crippen LogP contribution in [0.1, 0.15) is 6.42 Å². The molecule has 1 fully saturated rings. The highest BCUT2D eigenvalue weighted by atomic mass is 16.5. The minimum absolute atomic E-state index is 0.237. The normalized spacial score (nSPS) is 17.5. The van der Waals surface area contributed by atoms with Crippen molar-refractivity contribution in [1.29, 1.82) is 0 Å². The van der Waals surface area contributed by atoms with E-state index in [1.165, 1.54) is 11.2 Å². The second kappa shape index (κ2) is 5.48. The lowest BCUT2D eigenvalue weighted by molar-refractivity contribution is 0.145. The molecule has 0 spiro atoms. The van der Waals surface area contributed by atoms with Crippen LogP contribution < -0.4 is 4.74 Å². The molecule has 1 aliphatic heterocycles. The van der Waals surface area contributed by atoms with Crippen LogP contribution in [-0.4, -0.2) is 65.0 Å². The van der Waals surface area contributed by atoms with Gasteiger partial charge in [0.15, 0.2) is 11.2 Å². The van der Waals surface area contributed by atoms with Crippen molar-refractivity contribution in [2.75, 3.05) is 13.1 Å². The molecule has 0 bridgehead atoms. The van der Waals surface area contributed by atoms with Gasteiger partial charge in [0.25, 0.3) is 0 Å². The van der Waals surface area contributed by atoms with Gasteiger partial charge in [-0.2, -0.15) is 10.1 Å². The van der Waals surface area contributed by atoms with E-state index in [4.69, 9.17) is 9.84 Å². The Bertz CT molecular complexity index is 889. The number of aryl methyl sites for hydroxylation is 1. The molecule has 2 N–H and O–H groups in total. The van der Waals surface area contributed by atoms with Gasteiger partial charge in [-0.15, -0.1) is 0 Å². The van der Waals surface area contributed by atoms with Crippen molar-refractivity contribution in [3.05, 3.63) is 18.7 Å².